The second kappa shape index (κ2) is 8.67. The lowest BCUT2D eigenvalue weighted by atomic mass is 10.3. The number of ether oxygens (including phenoxy) is 3. The maximum absolute atomic E-state index is 13.6. The van der Waals surface area contributed by atoms with Gasteiger partial charge in [0.05, 0.1) is 32.3 Å². The molecule has 0 aliphatic heterocycles. The number of urea groups is 1. The summed E-state index contributed by atoms with van der Waals surface area (Å²) in [6.45, 7) is 0. The highest BCUT2D eigenvalue weighted by molar-refractivity contribution is 5.99. The molecule has 0 radical (unpaired) electrons. The van der Waals surface area contributed by atoms with Crippen molar-refractivity contribution in [2.75, 3.05) is 24.9 Å². The molecule has 2 amide bonds. The summed E-state index contributed by atoms with van der Waals surface area (Å²) in [6, 6.07) is 10.3. The van der Waals surface area contributed by atoms with E-state index < -0.39 is 11.8 Å². The number of halogens is 1. The summed E-state index contributed by atoms with van der Waals surface area (Å²) in [5, 5.41) is 5.24. The van der Waals surface area contributed by atoms with E-state index in [0.717, 1.165) is 0 Å². The Morgan fingerprint density at radius 2 is 1.54 bits per heavy atom. The normalized spacial score (nSPS) is 10.1. The summed E-state index contributed by atoms with van der Waals surface area (Å²) in [5.74, 6) is 0.551. The van der Waals surface area contributed by atoms with E-state index in [4.69, 9.17) is 14.2 Å². The van der Waals surface area contributed by atoms with Crippen LogP contribution in [0.25, 0.3) is 0 Å². The third kappa shape index (κ3) is 4.85. The Kier molecular flexibility index (Phi) is 5.85. The van der Waals surface area contributed by atoms with Crippen LogP contribution in [0.15, 0.2) is 54.9 Å². The number of methoxy groups -OCH3 is 2. The Morgan fingerprint density at radius 3 is 2.14 bits per heavy atom. The minimum atomic E-state index is -0.526. The van der Waals surface area contributed by atoms with Crippen LogP contribution < -0.4 is 24.8 Å². The predicted molar refractivity (Wildman–Crippen MR) is 101 cm³/mol. The standard InChI is InChI=1S/C19H17FN4O4/c1-26-14-7-12(8-15(9-14)27-2)23-18(25)24-13-10-21-19(22-11-13)28-17-6-4-3-5-16(17)20/h3-11H,1-2H3,(H2,23,24,25). The van der Waals surface area contributed by atoms with Crippen molar-refractivity contribution in [3.8, 4) is 23.3 Å². The summed E-state index contributed by atoms with van der Waals surface area (Å²) in [6.07, 6.45) is 2.68. The number of amides is 2. The molecule has 0 aliphatic rings. The molecule has 0 unspecified atom stereocenters. The van der Waals surface area contributed by atoms with E-state index in [1.165, 1.54) is 38.7 Å². The molecule has 1 heterocycles. The predicted octanol–water partition coefficient (Wildman–Crippen LogP) is 4.07. The first kappa shape index (κ1) is 18.9. The van der Waals surface area contributed by atoms with Crippen LogP contribution in [0.4, 0.5) is 20.6 Å². The van der Waals surface area contributed by atoms with Gasteiger partial charge in [-0.25, -0.2) is 19.2 Å². The maximum atomic E-state index is 13.6. The number of rotatable bonds is 6. The van der Waals surface area contributed by atoms with Crippen molar-refractivity contribution in [2.24, 2.45) is 0 Å². The van der Waals surface area contributed by atoms with Gasteiger partial charge in [0.25, 0.3) is 0 Å². The zero-order valence-electron chi connectivity index (χ0n) is 15.1. The van der Waals surface area contributed by atoms with Crippen LogP contribution in [0.5, 0.6) is 23.3 Å². The van der Waals surface area contributed by atoms with Crippen molar-refractivity contribution >= 4 is 17.4 Å². The molecule has 0 aliphatic carbocycles. The summed E-state index contributed by atoms with van der Waals surface area (Å²) in [7, 11) is 3.03. The van der Waals surface area contributed by atoms with Crippen LogP contribution in [0.2, 0.25) is 0 Å². The fourth-order valence-electron chi connectivity index (χ4n) is 2.23. The molecule has 1 aromatic heterocycles. The van der Waals surface area contributed by atoms with Gasteiger partial charge in [0.2, 0.25) is 0 Å². The van der Waals surface area contributed by atoms with E-state index in [2.05, 4.69) is 20.6 Å². The molecule has 0 atom stereocenters. The molecule has 2 aromatic carbocycles. The van der Waals surface area contributed by atoms with Crippen molar-refractivity contribution in [1.82, 2.24) is 9.97 Å². The Balaban J connectivity index is 1.62. The van der Waals surface area contributed by atoms with Gasteiger partial charge in [-0.05, 0) is 12.1 Å². The molecule has 144 valence electrons. The van der Waals surface area contributed by atoms with Crippen LogP contribution in [-0.4, -0.2) is 30.2 Å². The highest BCUT2D eigenvalue weighted by Gasteiger charge is 2.09. The molecule has 9 heteroatoms. The van der Waals surface area contributed by atoms with Crippen molar-refractivity contribution in [1.29, 1.82) is 0 Å². The van der Waals surface area contributed by atoms with E-state index in [1.54, 1.807) is 30.3 Å². The third-order valence-electron chi connectivity index (χ3n) is 3.53. The van der Waals surface area contributed by atoms with Gasteiger partial charge in [-0.3, -0.25) is 0 Å². The molecule has 0 saturated heterocycles. The van der Waals surface area contributed by atoms with Gasteiger partial charge < -0.3 is 24.8 Å². The number of hydrogen-bond donors (Lipinski definition) is 2. The lowest BCUT2D eigenvalue weighted by Gasteiger charge is -2.11. The Hall–Kier alpha value is -3.88. The highest BCUT2D eigenvalue weighted by atomic mass is 19.1. The van der Waals surface area contributed by atoms with Crippen LogP contribution in [0.3, 0.4) is 0 Å². The number of carbonyl (C=O) groups is 1. The highest BCUT2D eigenvalue weighted by Crippen LogP contribution is 2.26. The number of nitrogens with zero attached hydrogens (tertiary/aromatic N) is 2. The van der Waals surface area contributed by atoms with E-state index in [9.17, 15) is 9.18 Å². The summed E-state index contributed by atoms with van der Waals surface area (Å²) >= 11 is 0. The number of carbonyl (C=O) groups excluding carboxylic acids is 1. The number of anilines is 2. The van der Waals surface area contributed by atoms with E-state index in [0.29, 0.717) is 22.9 Å². The van der Waals surface area contributed by atoms with Crippen LogP contribution in [0, 0.1) is 5.82 Å². The molecule has 28 heavy (non-hydrogen) atoms. The molecular weight excluding hydrogens is 367 g/mol. The summed E-state index contributed by atoms with van der Waals surface area (Å²) in [4.78, 5) is 20.1. The van der Waals surface area contributed by atoms with E-state index >= 15 is 0 Å². The number of aromatic nitrogens is 2. The second-order valence-electron chi connectivity index (χ2n) is 5.47. The first-order chi connectivity index (χ1) is 13.6. The Morgan fingerprint density at radius 1 is 0.929 bits per heavy atom. The quantitative estimate of drug-likeness (QED) is 0.665. The topological polar surface area (TPSA) is 94.6 Å². The largest absolute Gasteiger partial charge is 0.497 e. The molecule has 2 N–H and O–H groups in total. The number of nitrogens with one attached hydrogen (secondary N) is 2. The minimum Gasteiger partial charge on any atom is -0.497 e. The van der Waals surface area contributed by atoms with E-state index in [1.807, 2.05) is 0 Å². The molecule has 0 fully saturated rings. The number of para-hydroxylation sites is 1. The third-order valence-corrected chi connectivity index (χ3v) is 3.53. The van der Waals surface area contributed by atoms with E-state index in [-0.39, 0.29) is 11.8 Å². The van der Waals surface area contributed by atoms with Crippen molar-refractivity contribution in [2.45, 2.75) is 0 Å². The number of benzene rings is 2. The zero-order valence-corrected chi connectivity index (χ0v) is 15.1. The van der Waals surface area contributed by atoms with Gasteiger partial charge in [-0.1, -0.05) is 12.1 Å². The SMILES string of the molecule is COc1cc(NC(=O)Nc2cnc(Oc3ccccc3F)nc2)cc(OC)c1. The smallest absolute Gasteiger partial charge is 0.323 e. The molecular formula is C19H17FN4O4. The fourth-order valence-corrected chi connectivity index (χ4v) is 2.23. The van der Waals surface area contributed by atoms with Crippen LogP contribution >= 0.6 is 0 Å². The monoisotopic (exact) mass is 384 g/mol. The van der Waals surface area contributed by atoms with Crippen molar-refractivity contribution in [3.05, 3.63) is 60.7 Å². The molecule has 3 rings (SSSR count). The fraction of sp³-hybridized carbons (Fsp3) is 0.105. The molecule has 3 aromatic rings. The average Bonchev–Trinajstić information content (AvgIpc) is 2.70. The zero-order chi connectivity index (χ0) is 19.9. The van der Waals surface area contributed by atoms with Gasteiger partial charge in [0, 0.05) is 23.9 Å². The van der Waals surface area contributed by atoms with Crippen LogP contribution in [0.1, 0.15) is 0 Å². The van der Waals surface area contributed by atoms with Gasteiger partial charge >= 0.3 is 12.0 Å². The summed E-state index contributed by atoms with van der Waals surface area (Å²) < 4.78 is 29.2. The maximum Gasteiger partial charge on any atom is 0.323 e. The minimum absolute atomic E-state index is 0.00734. The first-order valence-corrected chi connectivity index (χ1v) is 8.13. The Bertz CT molecular complexity index is 944. The first-order valence-electron chi connectivity index (χ1n) is 8.13. The Labute approximate surface area is 160 Å². The summed E-state index contributed by atoms with van der Waals surface area (Å²) in [5.41, 5.74) is 0.808. The van der Waals surface area contributed by atoms with Gasteiger partial charge in [-0.2, -0.15) is 0 Å². The van der Waals surface area contributed by atoms with Gasteiger partial charge in [-0.15, -0.1) is 0 Å². The molecule has 8 nitrogen and oxygen atoms in total. The average molecular weight is 384 g/mol. The lowest BCUT2D eigenvalue weighted by Crippen LogP contribution is -2.19. The molecule has 0 bridgehead atoms. The van der Waals surface area contributed by atoms with Gasteiger partial charge in [0.15, 0.2) is 11.6 Å². The number of hydrogen-bond acceptors (Lipinski definition) is 6. The van der Waals surface area contributed by atoms with Crippen LogP contribution in [-0.2, 0) is 0 Å². The van der Waals surface area contributed by atoms with Crippen molar-refractivity contribution in [3.63, 3.8) is 0 Å². The van der Waals surface area contributed by atoms with Gasteiger partial charge in [0.1, 0.15) is 11.5 Å². The molecule has 0 saturated carbocycles. The molecule has 0 spiro atoms. The second-order valence-corrected chi connectivity index (χ2v) is 5.47. The van der Waals surface area contributed by atoms with Crippen molar-refractivity contribution < 1.29 is 23.4 Å². The lowest BCUT2D eigenvalue weighted by molar-refractivity contribution is 0.262.